The van der Waals surface area contributed by atoms with Crippen molar-refractivity contribution < 1.29 is 33.9 Å². The summed E-state index contributed by atoms with van der Waals surface area (Å²) in [6, 6.07) is 0. The number of hydrogen-bond donors (Lipinski definition) is 1. The number of carbonyl (C=O) groups excluding carboxylic acids is 2. The van der Waals surface area contributed by atoms with Crippen LogP contribution >= 0.6 is 0 Å². The van der Waals surface area contributed by atoms with Crippen LogP contribution in [0.25, 0.3) is 0 Å². The third-order valence-electron chi connectivity index (χ3n) is 1.43. The largest absolute Gasteiger partial charge is 0.509 e. The third kappa shape index (κ3) is 7.64. The minimum atomic E-state index is -1.43. The van der Waals surface area contributed by atoms with Crippen molar-refractivity contribution in [3.05, 3.63) is 12.2 Å². The van der Waals surface area contributed by atoms with Gasteiger partial charge in [-0.25, -0.2) is 14.8 Å². The zero-order valence-electron chi connectivity index (χ0n) is 10.9. The van der Waals surface area contributed by atoms with E-state index < -0.39 is 30.6 Å². The second kappa shape index (κ2) is 6.97. The zero-order chi connectivity index (χ0) is 14.3. The van der Waals surface area contributed by atoms with Crippen LogP contribution in [0, 0.1) is 0 Å². The number of ether oxygens (including phenoxy) is 3. The highest BCUT2D eigenvalue weighted by molar-refractivity contribution is 5.87. The van der Waals surface area contributed by atoms with Crippen molar-refractivity contribution >= 4 is 12.1 Å². The highest BCUT2D eigenvalue weighted by atomic mass is 17.1. The lowest BCUT2D eigenvalue weighted by molar-refractivity contribution is -0.342. The fourth-order valence-corrected chi connectivity index (χ4v) is 0.721. The number of carbonyl (C=O) groups is 2. The van der Waals surface area contributed by atoms with E-state index in [1.54, 1.807) is 20.8 Å². The molecular formula is C11H18O7. The second-order valence-electron chi connectivity index (χ2n) is 4.50. The molecule has 0 aliphatic carbocycles. The smallest absolute Gasteiger partial charge is 0.429 e. The van der Waals surface area contributed by atoms with Crippen LogP contribution in [-0.4, -0.2) is 35.9 Å². The maximum absolute atomic E-state index is 11.2. The van der Waals surface area contributed by atoms with E-state index in [1.807, 2.05) is 0 Å². The van der Waals surface area contributed by atoms with E-state index in [2.05, 4.69) is 20.9 Å². The lowest BCUT2D eigenvalue weighted by atomic mass is 10.2. The van der Waals surface area contributed by atoms with Crippen LogP contribution in [0.2, 0.25) is 0 Å². The van der Waals surface area contributed by atoms with Crippen LogP contribution in [0.4, 0.5) is 4.79 Å². The minimum Gasteiger partial charge on any atom is -0.429 e. The van der Waals surface area contributed by atoms with Gasteiger partial charge in [0.15, 0.2) is 6.61 Å². The molecule has 0 fully saturated rings. The van der Waals surface area contributed by atoms with E-state index in [0.717, 1.165) is 0 Å². The molecule has 0 radical (unpaired) electrons. The summed E-state index contributed by atoms with van der Waals surface area (Å²) >= 11 is 0. The van der Waals surface area contributed by atoms with Crippen molar-refractivity contribution in [2.24, 2.45) is 0 Å². The molecule has 0 heterocycles. The fourth-order valence-electron chi connectivity index (χ4n) is 0.721. The molecule has 0 spiro atoms. The Morgan fingerprint density at radius 1 is 1.33 bits per heavy atom. The summed E-state index contributed by atoms with van der Waals surface area (Å²) in [4.78, 5) is 26.1. The molecule has 0 saturated heterocycles. The standard InChI is InChI=1S/C11H18O7/c1-7(2)9(12)16-8(18-14)6-15-10(13)17-11(3,4)5/h8,14H,1,6H2,2-5H3. The molecule has 0 saturated carbocycles. The van der Waals surface area contributed by atoms with Crippen molar-refractivity contribution in [1.29, 1.82) is 0 Å². The first-order valence-electron chi connectivity index (χ1n) is 5.18. The van der Waals surface area contributed by atoms with Gasteiger partial charge in [-0.05, 0) is 27.7 Å². The monoisotopic (exact) mass is 262 g/mol. The van der Waals surface area contributed by atoms with Crippen molar-refractivity contribution in [1.82, 2.24) is 0 Å². The summed E-state index contributed by atoms with van der Waals surface area (Å²) in [5, 5.41) is 8.46. The summed E-state index contributed by atoms with van der Waals surface area (Å²) in [5.74, 6) is -0.776. The summed E-state index contributed by atoms with van der Waals surface area (Å²) in [5.41, 5.74) is -0.588. The van der Waals surface area contributed by atoms with Crippen LogP contribution in [0.3, 0.4) is 0 Å². The molecule has 1 unspecified atom stereocenters. The highest BCUT2D eigenvalue weighted by Gasteiger charge is 2.21. The summed E-state index contributed by atoms with van der Waals surface area (Å²) in [6.45, 7) is 9.25. The third-order valence-corrected chi connectivity index (χ3v) is 1.43. The quantitative estimate of drug-likeness (QED) is 0.266. The molecule has 0 aliphatic heterocycles. The molecule has 0 bridgehead atoms. The van der Waals surface area contributed by atoms with Gasteiger partial charge in [-0.3, -0.25) is 0 Å². The molecular weight excluding hydrogens is 244 g/mol. The van der Waals surface area contributed by atoms with Crippen molar-refractivity contribution in [3.8, 4) is 0 Å². The molecule has 0 aliphatic rings. The Balaban J connectivity index is 4.12. The second-order valence-corrected chi connectivity index (χ2v) is 4.50. The lowest BCUT2D eigenvalue weighted by Gasteiger charge is -2.20. The SMILES string of the molecule is C=C(C)C(=O)OC(COC(=O)OC(C)(C)C)OO. The normalized spacial score (nSPS) is 12.5. The average molecular weight is 262 g/mol. The van der Waals surface area contributed by atoms with Gasteiger partial charge in [0, 0.05) is 5.57 Å². The first-order valence-corrected chi connectivity index (χ1v) is 5.18. The van der Waals surface area contributed by atoms with Gasteiger partial charge in [0.05, 0.1) is 0 Å². The molecule has 1 atom stereocenters. The van der Waals surface area contributed by atoms with Gasteiger partial charge in [0.1, 0.15) is 5.60 Å². The van der Waals surface area contributed by atoms with Crippen LogP contribution in [0.5, 0.6) is 0 Å². The first-order chi connectivity index (χ1) is 8.15. The van der Waals surface area contributed by atoms with Gasteiger partial charge in [-0.2, -0.15) is 4.89 Å². The van der Waals surface area contributed by atoms with E-state index in [1.165, 1.54) is 6.92 Å². The molecule has 1 N–H and O–H groups in total. The molecule has 0 amide bonds. The van der Waals surface area contributed by atoms with Gasteiger partial charge >= 0.3 is 12.1 Å². The Morgan fingerprint density at radius 3 is 2.28 bits per heavy atom. The topological polar surface area (TPSA) is 91.3 Å². The van der Waals surface area contributed by atoms with E-state index >= 15 is 0 Å². The number of hydrogen-bond acceptors (Lipinski definition) is 7. The van der Waals surface area contributed by atoms with E-state index in [-0.39, 0.29) is 5.57 Å². The van der Waals surface area contributed by atoms with Crippen molar-refractivity contribution in [2.75, 3.05) is 6.61 Å². The Bertz CT molecular complexity index is 316. The lowest BCUT2D eigenvalue weighted by Crippen LogP contribution is -2.30. The molecule has 7 nitrogen and oxygen atoms in total. The Hall–Kier alpha value is -1.60. The maximum atomic E-state index is 11.2. The van der Waals surface area contributed by atoms with Gasteiger partial charge < -0.3 is 14.2 Å². The molecule has 0 aromatic carbocycles. The van der Waals surface area contributed by atoms with E-state index in [4.69, 9.17) is 9.99 Å². The molecule has 18 heavy (non-hydrogen) atoms. The average Bonchev–Trinajstić information content (AvgIpc) is 2.21. The molecule has 0 aromatic heterocycles. The van der Waals surface area contributed by atoms with Crippen LogP contribution < -0.4 is 0 Å². The zero-order valence-corrected chi connectivity index (χ0v) is 10.9. The van der Waals surface area contributed by atoms with E-state index in [9.17, 15) is 9.59 Å². The van der Waals surface area contributed by atoms with Gasteiger partial charge in [-0.15, -0.1) is 0 Å². The Kier molecular flexibility index (Phi) is 6.35. The van der Waals surface area contributed by atoms with Crippen molar-refractivity contribution in [3.63, 3.8) is 0 Å². The molecule has 0 aromatic rings. The van der Waals surface area contributed by atoms with Crippen LogP contribution in [0.1, 0.15) is 27.7 Å². The molecule has 7 heteroatoms. The predicted octanol–water partition coefficient (Wildman–Crippen LogP) is 1.87. The van der Waals surface area contributed by atoms with Crippen LogP contribution in [-0.2, 0) is 23.9 Å². The first kappa shape index (κ1) is 16.4. The summed E-state index contributed by atoms with van der Waals surface area (Å²) in [6.07, 6.45) is -2.39. The Morgan fingerprint density at radius 2 is 1.89 bits per heavy atom. The van der Waals surface area contributed by atoms with Gasteiger partial charge in [-0.1, -0.05) is 6.58 Å². The summed E-state index contributed by atoms with van der Waals surface area (Å²) < 4.78 is 14.0. The predicted molar refractivity (Wildman–Crippen MR) is 60.6 cm³/mol. The summed E-state index contributed by atoms with van der Waals surface area (Å²) in [7, 11) is 0. The van der Waals surface area contributed by atoms with Crippen molar-refractivity contribution in [2.45, 2.75) is 39.6 Å². The minimum absolute atomic E-state index is 0.120. The fraction of sp³-hybridized carbons (Fsp3) is 0.636. The molecule has 104 valence electrons. The Labute approximate surface area is 105 Å². The van der Waals surface area contributed by atoms with E-state index in [0.29, 0.717) is 0 Å². The maximum Gasteiger partial charge on any atom is 0.509 e. The highest BCUT2D eigenvalue weighted by Crippen LogP contribution is 2.09. The van der Waals surface area contributed by atoms with Gasteiger partial charge in [0.25, 0.3) is 6.29 Å². The number of esters is 1. The molecule has 0 rings (SSSR count). The van der Waals surface area contributed by atoms with Gasteiger partial charge in [0.2, 0.25) is 0 Å². The number of rotatable bonds is 5. The van der Waals surface area contributed by atoms with Crippen LogP contribution in [0.15, 0.2) is 12.2 Å².